The molecule has 0 saturated carbocycles. The molecule has 1 aromatic rings. The Morgan fingerprint density at radius 2 is 1.69 bits per heavy atom. The van der Waals surface area contributed by atoms with Crippen molar-refractivity contribution in [2.45, 2.75) is 6.92 Å². The largest absolute Gasteiger partial charge is 0.497 e. The summed E-state index contributed by atoms with van der Waals surface area (Å²) in [5.74, 6) is 0.811. The van der Waals surface area contributed by atoms with Gasteiger partial charge < -0.3 is 16.2 Å². The molecule has 0 heterocycles. The molecule has 0 aliphatic heterocycles. The fraction of sp³-hybridized carbons (Fsp3) is 0.200. The van der Waals surface area contributed by atoms with E-state index in [0.717, 1.165) is 11.3 Å². The van der Waals surface area contributed by atoms with E-state index < -0.39 is 0 Å². The molecule has 0 bridgehead atoms. The molecule has 0 fully saturated rings. The predicted molar refractivity (Wildman–Crippen MR) is 54.0 cm³/mol. The van der Waals surface area contributed by atoms with E-state index in [4.69, 9.17) is 16.2 Å². The van der Waals surface area contributed by atoms with E-state index in [-0.39, 0.29) is 0 Å². The highest BCUT2D eigenvalue weighted by Crippen LogP contribution is 2.15. The average Bonchev–Trinajstić information content (AvgIpc) is 2.17. The Morgan fingerprint density at radius 1 is 1.15 bits per heavy atom. The minimum absolute atomic E-state index is 0.614. The lowest BCUT2D eigenvalue weighted by Gasteiger charge is -2.05. The number of allylic oxidation sites excluding steroid dienone is 1. The lowest BCUT2D eigenvalue weighted by Crippen LogP contribution is -2.05. The summed E-state index contributed by atoms with van der Waals surface area (Å²) in [6.07, 6.45) is 0. The molecule has 0 spiro atoms. The summed E-state index contributed by atoms with van der Waals surface area (Å²) < 4.78 is 5.02. The number of nitrogens with two attached hydrogens (primary N) is 2. The van der Waals surface area contributed by atoms with Crippen LogP contribution in [0.4, 0.5) is 0 Å². The van der Waals surface area contributed by atoms with Crippen LogP contribution in [-0.2, 0) is 0 Å². The molecule has 0 saturated heterocycles. The molecule has 0 aromatic heterocycles. The third kappa shape index (κ3) is 2.15. The fourth-order valence-corrected chi connectivity index (χ4v) is 0.998. The van der Waals surface area contributed by atoms with E-state index in [0.29, 0.717) is 11.4 Å². The van der Waals surface area contributed by atoms with Crippen molar-refractivity contribution in [3.8, 4) is 5.75 Å². The summed E-state index contributed by atoms with van der Waals surface area (Å²) in [5.41, 5.74) is 13.5. The van der Waals surface area contributed by atoms with Crippen LogP contribution in [0.2, 0.25) is 0 Å². The van der Waals surface area contributed by atoms with Crippen LogP contribution in [0, 0.1) is 0 Å². The van der Waals surface area contributed by atoms with Crippen molar-refractivity contribution in [3.63, 3.8) is 0 Å². The minimum atomic E-state index is 0.614. The third-order valence-electron chi connectivity index (χ3n) is 1.83. The van der Waals surface area contributed by atoms with Crippen molar-refractivity contribution >= 4 is 5.70 Å². The van der Waals surface area contributed by atoms with Gasteiger partial charge in [-0.2, -0.15) is 0 Å². The van der Waals surface area contributed by atoms with Crippen LogP contribution in [0.25, 0.3) is 5.70 Å². The molecule has 0 aliphatic rings. The van der Waals surface area contributed by atoms with Crippen LogP contribution in [0.3, 0.4) is 0 Å². The first kappa shape index (κ1) is 9.45. The summed E-state index contributed by atoms with van der Waals surface area (Å²) in [6, 6.07) is 7.46. The quantitative estimate of drug-likeness (QED) is 0.717. The Kier molecular flexibility index (Phi) is 2.80. The van der Waals surface area contributed by atoms with E-state index in [2.05, 4.69) is 0 Å². The van der Waals surface area contributed by atoms with Crippen molar-refractivity contribution in [2.24, 2.45) is 11.5 Å². The first-order chi connectivity index (χ1) is 6.15. The Bertz CT molecular complexity index is 310. The number of methoxy groups -OCH3 is 1. The molecular formula is C10H14N2O. The average molecular weight is 178 g/mol. The first-order valence-electron chi connectivity index (χ1n) is 4.01. The van der Waals surface area contributed by atoms with Gasteiger partial charge >= 0.3 is 0 Å². The number of rotatable bonds is 2. The van der Waals surface area contributed by atoms with Gasteiger partial charge in [0.2, 0.25) is 0 Å². The molecule has 3 heteroatoms. The lowest BCUT2D eigenvalue weighted by atomic mass is 10.1. The number of ether oxygens (including phenoxy) is 1. The van der Waals surface area contributed by atoms with E-state index in [1.54, 1.807) is 14.0 Å². The van der Waals surface area contributed by atoms with Crippen LogP contribution < -0.4 is 16.2 Å². The van der Waals surface area contributed by atoms with Crippen molar-refractivity contribution in [1.29, 1.82) is 0 Å². The van der Waals surface area contributed by atoms with Gasteiger partial charge in [-0.1, -0.05) is 0 Å². The predicted octanol–water partition coefficient (Wildman–Crippen LogP) is 1.30. The van der Waals surface area contributed by atoms with Gasteiger partial charge in [-0.15, -0.1) is 0 Å². The second kappa shape index (κ2) is 3.85. The monoisotopic (exact) mass is 178 g/mol. The Hall–Kier alpha value is -1.64. The molecule has 0 aliphatic carbocycles. The standard InChI is InChI=1S/C10H14N2O/c1-7(11)10(12)8-3-5-9(13-2)6-4-8/h3-6H,11-12H2,1-2H3. The van der Waals surface area contributed by atoms with Crippen molar-refractivity contribution < 1.29 is 4.74 Å². The normalized spacial score (nSPS) is 12.2. The summed E-state index contributed by atoms with van der Waals surface area (Å²) in [5, 5.41) is 0. The number of hydrogen-bond acceptors (Lipinski definition) is 3. The topological polar surface area (TPSA) is 61.3 Å². The zero-order valence-corrected chi connectivity index (χ0v) is 7.87. The van der Waals surface area contributed by atoms with Gasteiger partial charge in [0.25, 0.3) is 0 Å². The second-order valence-corrected chi connectivity index (χ2v) is 2.83. The van der Waals surface area contributed by atoms with Gasteiger partial charge in [-0.25, -0.2) is 0 Å². The SMILES string of the molecule is COc1ccc(C(N)=C(C)N)cc1. The lowest BCUT2D eigenvalue weighted by molar-refractivity contribution is 0.415. The maximum absolute atomic E-state index is 5.74. The Balaban J connectivity index is 2.99. The molecule has 4 N–H and O–H groups in total. The van der Waals surface area contributed by atoms with Gasteiger partial charge in [0.15, 0.2) is 0 Å². The molecule has 70 valence electrons. The highest BCUT2D eigenvalue weighted by molar-refractivity contribution is 5.65. The molecule has 13 heavy (non-hydrogen) atoms. The molecule has 0 unspecified atom stereocenters. The summed E-state index contributed by atoms with van der Waals surface area (Å²) in [7, 11) is 1.63. The number of benzene rings is 1. The second-order valence-electron chi connectivity index (χ2n) is 2.83. The van der Waals surface area contributed by atoms with E-state index in [9.17, 15) is 0 Å². The maximum Gasteiger partial charge on any atom is 0.118 e. The smallest absolute Gasteiger partial charge is 0.118 e. The van der Waals surface area contributed by atoms with E-state index in [1.165, 1.54) is 0 Å². The molecule has 1 rings (SSSR count). The van der Waals surface area contributed by atoms with Crippen LogP contribution in [0.15, 0.2) is 30.0 Å². The van der Waals surface area contributed by atoms with Crippen molar-refractivity contribution in [1.82, 2.24) is 0 Å². The minimum Gasteiger partial charge on any atom is -0.497 e. The zero-order chi connectivity index (χ0) is 9.84. The first-order valence-corrected chi connectivity index (χ1v) is 4.01. The van der Waals surface area contributed by atoms with Crippen molar-refractivity contribution in [2.75, 3.05) is 7.11 Å². The van der Waals surface area contributed by atoms with Gasteiger partial charge in [0, 0.05) is 5.70 Å². The van der Waals surface area contributed by atoms with Gasteiger partial charge in [0.05, 0.1) is 12.8 Å². The molecule has 0 radical (unpaired) electrons. The summed E-state index contributed by atoms with van der Waals surface area (Å²) in [6.45, 7) is 1.78. The van der Waals surface area contributed by atoms with E-state index >= 15 is 0 Å². The van der Waals surface area contributed by atoms with Crippen LogP contribution >= 0.6 is 0 Å². The van der Waals surface area contributed by atoms with Crippen LogP contribution in [0.1, 0.15) is 12.5 Å². The van der Waals surface area contributed by atoms with Crippen molar-refractivity contribution in [3.05, 3.63) is 35.5 Å². The van der Waals surface area contributed by atoms with E-state index in [1.807, 2.05) is 24.3 Å². The maximum atomic E-state index is 5.74. The zero-order valence-electron chi connectivity index (χ0n) is 7.87. The highest BCUT2D eigenvalue weighted by atomic mass is 16.5. The summed E-state index contributed by atoms with van der Waals surface area (Å²) >= 11 is 0. The highest BCUT2D eigenvalue weighted by Gasteiger charge is 1.98. The summed E-state index contributed by atoms with van der Waals surface area (Å²) in [4.78, 5) is 0. The Labute approximate surface area is 78.0 Å². The molecule has 0 atom stereocenters. The number of hydrogen-bond donors (Lipinski definition) is 2. The van der Waals surface area contributed by atoms with Gasteiger partial charge in [-0.05, 0) is 36.8 Å². The molecular weight excluding hydrogens is 164 g/mol. The van der Waals surface area contributed by atoms with Crippen LogP contribution in [-0.4, -0.2) is 7.11 Å². The molecule has 0 amide bonds. The molecule has 3 nitrogen and oxygen atoms in total. The molecule has 1 aromatic carbocycles. The van der Waals surface area contributed by atoms with Gasteiger partial charge in [0.1, 0.15) is 5.75 Å². The Morgan fingerprint density at radius 3 is 2.08 bits per heavy atom. The fourth-order valence-electron chi connectivity index (χ4n) is 0.998. The third-order valence-corrected chi connectivity index (χ3v) is 1.83. The van der Waals surface area contributed by atoms with Crippen LogP contribution in [0.5, 0.6) is 5.75 Å². The van der Waals surface area contributed by atoms with Gasteiger partial charge in [-0.3, -0.25) is 0 Å².